The van der Waals surface area contributed by atoms with Gasteiger partial charge in [0.1, 0.15) is 11.5 Å². The van der Waals surface area contributed by atoms with E-state index in [2.05, 4.69) is 4.98 Å². The summed E-state index contributed by atoms with van der Waals surface area (Å²) in [7, 11) is 0. The average Bonchev–Trinajstić information content (AvgIpc) is 2.33. The van der Waals surface area contributed by atoms with Gasteiger partial charge in [0.05, 0.1) is 5.69 Å². The van der Waals surface area contributed by atoms with Crippen LogP contribution in [0.3, 0.4) is 0 Å². The SMILES string of the molecule is Cc1cc(-c2cccc([C]=O)n2)ccc1F. The Balaban J connectivity index is 2.49. The fourth-order valence-corrected chi connectivity index (χ4v) is 1.46. The average molecular weight is 214 g/mol. The minimum atomic E-state index is -0.248. The number of halogens is 1. The fraction of sp³-hybridized carbons (Fsp3) is 0.0769. The largest absolute Gasteiger partial charge is 0.283 e. The molecule has 2 nitrogen and oxygen atoms in total. The van der Waals surface area contributed by atoms with Gasteiger partial charge in [-0.05, 0) is 42.8 Å². The zero-order valence-corrected chi connectivity index (χ0v) is 8.70. The number of rotatable bonds is 2. The van der Waals surface area contributed by atoms with Gasteiger partial charge >= 0.3 is 0 Å². The maximum absolute atomic E-state index is 13.1. The van der Waals surface area contributed by atoms with Crippen molar-refractivity contribution in [2.45, 2.75) is 6.92 Å². The van der Waals surface area contributed by atoms with E-state index in [0.29, 0.717) is 11.3 Å². The third-order valence-electron chi connectivity index (χ3n) is 2.31. The van der Waals surface area contributed by atoms with E-state index < -0.39 is 0 Å². The van der Waals surface area contributed by atoms with Gasteiger partial charge in [-0.15, -0.1) is 0 Å². The van der Waals surface area contributed by atoms with Gasteiger partial charge in [0.2, 0.25) is 0 Å². The predicted octanol–water partition coefficient (Wildman–Crippen LogP) is 2.65. The summed E-state index contributed by atoms with van der Waals surface area (Å²) in [6, 6.07) is 9.80. The molecule has 1 aromatic carbocycles. The van der Waals surface area contributed by atoms with Crippen LogP contribution in [0, 0.1) is 12.7 Å². The zero-order valence-electron chi connectivity index (χ0n) is 8.70. The first-order valence-corrected chi connectivity index (χ1v) is 4.82. The van der Waals surface area contributed by atoms with Crippen molar-refractivity contribution in [2.75, 3.05) is 0 Å². The van der Waals surface area contributed by atoms with Crippen LogP contribution in [0.15, 0.2) is 36.4 Å². The van der Waals surface area contributed by atoms with Gasteiger partial charge < -0.3 is 0 Å². The Morgan fingerprint density at radius 1 is 1.25 bits per heavy atom. The van der Waals surface area contributed by atoms with E-state index >= 15 is 0 Å². The smallest absolute Gasteiger partial charge is 0.253 e. The summed E-state index contributed by atoms with van der Waals surface area (Å²) in [5.41, 5.74) is 2.24. The van der Waals surface area contributed by atoms with Gasteiger partial charge in [-0.1, -0.05) is 6.07 Å². The molecule has 0 amide bonds. The monoisotopic (exact) mass is 214 g/mol. The molecule has 0 bridgehead atoms. The van der Waals surface area contributed by atoms with Gasteiger partial charge in [-0.2, -0.15) is 0 Å². The van der Waals surface area contributed by atoms with E-state index in [1.165, 1.54) is 6.07 Å². The van der Waals surface area contributed by atoms with E-state index in [9.17, 15) is 9.18 Å². The molecule has 0 saturated carbocycles. The zero-order chi connectivity index (χ0) is 11.5. The van der Waals surface area contributed by atoms with Crippen LogP contribution < -0.4 is 0 Å². The number of pyridine rings is 1. The van der Waals surface area contributed by atoms with Crippen LogP contribution in [-0.4, -0.2) is 11.3 Å². The van der Waals surface area contributed by atoms with Crippen molar-refractivity contribution >= 4 is 6.29 Å². The minimum Gasteiger partial charge on any atom is -0.283 e. The number of carbonyl (C=O) groups excluding carboxylic acids is 1. The molecule has 0 aliphatic carbocycles. The fourth-order valence-electron chi connectivity index (χ4n) is 1.46. The van der Waals surface area contributed by atoms with E-state index in [1.807, 2.05) is 0 Å². The summed E-state index contributed by atoms with van der Waals surface area (Å²) in [6.45, 7) is 1.69. The highest BCUT2D eigenvalue weighted by Gasteiger charge is 2.03. The second-order valence-electron chi connectivity index (χ2n) is 3.47. The van der Waals surface area contributed by atoms with Crippen LogP contribution in [0.25, 0.3) is 11.3 Å². The molecule has 1 radical (unpaired) electrons. The lowest BCUT2D eigenvalue weighted by atomic mass is 10.1. The lowest BCUT2D eigenvalue weighted by Crippen LogP contribution is -1.91. The van der Waals surface area contributed by atoms with Crippen molar-refractivity contribution in [3.05, 3.63) is 53.5 Å². The van der Waals surface area contributed by atoms with Crippen molar-refractivity contribution in [3.8, 4) is 11.3 Å². The Labute approximate surface area is 92.8 Å². The first kappa shape index (κ1) is 10.5. The van der Waals surface area contributed by atoms with Crippen LogP contribution in [0.1, 0.15) is 11.3 Å². The second-order valence-corrected chi connectivity index (χ2v) is 3.47. The van der Waals surface area contributed by atoms with E-state index in [-0.39, 0.29) is 11.5 Å². The summed E-state index contributed by atoms with van der Waals surface area (Å²) >= 11 is 0. The molecule has 0 saturated heterocycles. The van der Waals surface area contributed by atoms with Gasteiger partial charge in [0.15, 0.2) is 0 Å². The number of hydrogen-bond acceptors (Lipinski definition) is 2. The third kappa shape index (κ3) is 1.98. The third-order valence-corrected chi connectivity index (χ3v) is 2.31. The molecule has 2 aromatic rings. The van der Waals surface area contributed by atoms with Crippen LogP contribution in [-0.2, 0) is 4.79 Å². The van der Waals surface area contributed by atoms with Gasteiger partial charge in [0, 0.05) is 5.56 Å². The number of nitrogens with zero attached hydrogens (tertiary/aromatic N) is 1. The molecule has 2 rings (SSSR count). The number of benzene rings is 1. The van der Waals surface area contributed by atoms with E-state index in [1.54, 1.807) is 43.5 Å². The molecule has 0 unspecified atom stereocenters. The molecule has 16 heavy (non-hydrogen) atoms. The summed E-state index contributed by atoms with van der Waals surface area (Å²) < 4.78 is 13.1. The van der Waals surface area contributed by atoms with Crippen LogP contribution >= 0.6 is 0 Å². The number of aromatic nitrogens is 1. The first-order valence-electron chi connectivity index (χ1n) is 4.82. The molecular formula is C13H9FNO. The highest BCUT2D eigenvalue weighted by atomic mass is 19.1. The standard InChI is InChI=1S/C13H9FNO/c1-9-7-10(5-6-12(9)14)13-4-2-3-11(8-16)15-13/h2-7H,1H3. The van der Waals surface area contributed by atoms with E-state index in [4.69, 9.17) is 0 Å². The molecule has 1 heterocycles. The maximum atomic E-state index is 13.1. The van der Waals surface area contributed by atoms with Crippen molar-refractivity contribution < 1.29 is 9.18 Å². The van der Waals surface area contributed by atoms with Gasteiger partial charge in [-0.3, -0.25) is 4.79 Å². The first-order chi connectivity index (χ1) is 7.70. The quantitative estimate of drug-likeness (QED) is 0.769. The normalized spacial score (nSPS) is 10.1. The molecule has 0 N–H and O–H groups in total. The maximum Gasteiger partial charge on any atom is 0.253 e. The van der Waals surface area contributed by atoms with Gasteiger partial charge in [-0.25, -0.2) is 9.37 Å². The lowest BCUT2D eigenvalue weighted by molar-refractivity contribution is 0.561. The summed E-state index contributed by atoms with van der Waals surface area (Å²) in [4.78, 5) is 14.5. The lowest BCUT2D eigenvalue weighted by Gasteiger charge is -2.03. The minimum absolute atomic E-state index is 0.248. The highest BCUT2D eigenvalue weighted by molar-refractivity contribution is 5.74. The molecule has 0 atom stereocenters. The van der Waals surface area contributed by atoms with Crippen molar-refractivity contribution in [1.82, 2.24) is 4.98 Å². The summed E-state index contributed by atoms with van der Waals surface area (Å²) in [5.74, 6) is -0.248. The Morgan fingerprint density at radius 3 is 2.75 bits per heavy atom. The number of hydrogen-bond donors (Lipinski definition) is 0. The molecule has 0 aliphatic rings. The summed E-state index contributed by atoms with van der Waals surface area (Å²) in [6.07, 6.45) is 1.73. The molecule has 1 aromatic heterocycles. The van der Waals surface area contributed by atoms with Crippen molar-refractivity contribution in [1.29, 1.82) is 0 Å². The Hall–Kier alpha value is -2.03. The number of aryl methyl sites for hydroxylation is 1. The predicted molar refractivity (Wildman–Crippen MR) is 59.2 cm³/mol. The van der Waals surface area contributed by atoms with Crippen molar-refractivity contribution in [3.63, 3.8) is 0 Å². The Morgan fingerprint density at radius 2 is 2.06 bits per heavy atom. The van der Waals surface area contributed by atoms with Crippen LogP contribution in [0.2, 0.25) is 0 Å². The molecule has 0 fully saturated rings. The molecule has 0 aliphatic heterocycles. The van der Waals surface area contributed by atoms with Crippen LogP contribution in [0.5, 0.6) is 0 Å². The van der Waals surface area contributed by atoms with E-state index in [0.717, 1.165) is 5.56 Å². The second kappa shape index (κ2) is 4.23. The molecule has 0 spiro atoms. The van der Waals surface area contributed by atoms with Crippen molar-refractivity contribution in [2.24, 2.45) is 0 Å². The topological polar surface area (TPSA) is 30.0 Å². The molecule has 79 valence electrons. The Bertz CT molecular complexity index is 537. The van der Waals surface area contributed by atoms with Gasteiger partial charge in [0.25, 0.3) is 6.29 Å². The summed E-state index contributed by atoms with van der Waals surface area (Å²) in [5, 5.41) is 0. The highest BCUT2D eigenvalue weighted by Crippen LogP contribution is 2.19. The molecule has 3 heteroatoms. The van der Waals surface area contributed by atoms with Crippen LogP contribution in [0.4, 0.5) is 4.39 Å². The Kier molecular flexibility index (Phi) is 2.77. The molecular weight excluding hydrogens is 205 g/mol.